The summed E-state index contributed by atoms with van der Waals surface area (Å²) in [6.07, 6.45) is 3.64. The summed E-state index contributed by atoms with van der Waals surface area (Å²) in [6.45, 7) is 0. The summed E-state index contributed by atoms with van der Waals surface area (Å²) in [7, 11) is 1.84. The van der Waals surface area contributed by atoms with Crippen LogP contribution in [0, 0.1) is 0 Å². The van der Waals surface area contributed by atoms with E-state index in [2.05, 4.69) is 26.1 Å². The number of aromatic carboxylic acids is 1. The molecule has 4 aromatic rings. The molecule has 0 saturated heterocycles. The van der Waals surface area contributed by atoms with Crippen molar-refractivity contribution >= 4 is 32.8 Å². The van der Waals surface area contributed by atoms with Crippen LogP contribution >= 0.6 is 15.9 Å². The third-order valence-electron chi connectivity index (χ3n) is 3.97. The van der Waals surface area contributed by atoms with Crippen LogP contribution in [0.2, 0.25) is 0 Å². The second-order valence-electron chi connectivity index (χ2n) is 5.68. The van der Waals surface area contributed by atoms with E-state index in [1.165, 1.54) is 0 Å². The van der Waals surface area contributed by atoms with E-state index in [4.69, 9.17) is 0 Å². The van der Waals surface area contributed by atoms with Crippen LogP contribution in [0.15, 0.2) is 59.3 Å². The lowest BCUT2D eigenvalue weighted by atomic mass is 10.1. The summed E-state index contributed by atoms with van der Waals surface area (Å²) in [5.41, 5.74) is 3.39. The van der Waals surface area contributed by atoms with Crippen LogP contribution in [0.25, 0.3) is 27.7 Å². The Kier molecular flexibility index (Phi) is 3.65. The van der Waals surface area contributed by atoms with Crippen LogP contribution in [0.3, 0.4) is 0 Å². The van der Waals surface area contributed by atoms with Crippen molar-refractivity contribution < 1.29 is 9.90 Å². The Morgan fingerprint density at radius 2 is 2.00 bits per heavy atom. The average Bonchev–Trinajstić information content (AvgIpc) is 3.18. The topological polar surface area (TPSA) is 72.9 Å². The fourth-order valence-electron chi connectivity index (χ4n) is 2.83. The highest BCUT2D eigenvalue weighted by Gasteiger charge is 2.18. The minimum Gasteiger partial charge on any atom is -0.476 e. The van der Waals surface area contributed by atoms with E-state index in [9.17, 15) is 9.90 Å². The molecule has 0 aliphatic heterocycles. The molecule has 0 saturated carbocycles. The molecule has 0 bridgehead atoms. The molecule has 2 aromatic carbocycles. The number of rotatable bonds is 3. The summed E-state index contributed by atoms with van der Waals surface area (Å²) in [5, 5.41) is 18.6. The van der Waals surface area contributed by atoms with Gasteiger partial charge in [0, 0.05) is 28.7 Å². The van der Waals surface area contributed by atoms with Gasteiger partial charge in [0.2, 0.25) is 0 Å². The molecule has 2 aromatic heterocycles. The molecule has 7 heteroatoms. The quantitative estimate of drug-likeness (QED) is 0.570. The molecule has 4 rings (SSSR count). The minimum absolute atomic E-state index is 0.0284. The molecule has 124 valence electrons. The fraction of sp³-hybridized carbons (Fsp3) is 0.0556. The van der Waals surface area contributed by atoms with Gasteiger partial charge in [-0.05, 0) is 35.9 Å². The Balaban J connectivity index is 1.96. The highest BCUT2D eigenvalue weighted by Crippen LogP contribution is 2.28. The van der Waals surface area contributed by atoms with Crippen LogP contribution in [-0.4, -0.2) is 30.6 Å². The highest BCUT2D eigenvalue weighted by atomic mass is 79.9. The van der Waals surface area contributed by atoms with E-state index < -0.39 is 5.97 Å². The van der Waals surface area contributed by atoms with E-state index in [0.717, 1.165) is 26.8 Å². The third-order valence-corrected chi connectivity index (χ3v) is 4.47. The Morgan fingerprint density at radius 3 is 2.68 bits per heavy atom. The lowest BCUT2D eigenvalue weighted by Gasteiger charge is -2.04. The van der Waals surface area contributed by atoms with Crippen molar-refractivity contribution in [2.24, 2.45) is 7.05 Å². The molecule has 0 unspecified atom stereocenters. The van der Waals surface area contributed by atoms with Crippen molar-refractivity contribution in [3.8, 4) is 16.8 Å². The monoisotopic (exact) mass is 396 g/mol. The molecule has 0 aliphatic rings. The normalized spacial score (nSPS) is 11.1. The second-order valence-corrected chi connectivity index (χ2v) is 6.60. The van der Waals surface area contributed by atoms with Crippen LogP contribution in [0.5, 0.6) is 0 Å². The standard InChI is InChI=1S/C18H13BrN4O2/c1-22-10-12(9-20-22)11-5-6-16-15(7-11)17(18(24)25)21-23(16)14-4-2-3-13(19)8-14/h2-10H,1H3,(H,24,25). The summed E-state index contributed by atoms with van der Waals surface area (Å²) in [5.74, 6) is -1.05. The number of carboxylic acid groups (broad SMARTS) is 1. The first kappa shape index (κ1) is 15.6. The van der Waals surface area contributed by atoms with Crippen molar-refractivity contribution in [2.45, 2.75) is 0 Å². The summed E-state index contributed by atoms with van der Waals surface area (Å²) < 4.78 is 4.26. The Bertz CT molecular complexity index is 1110. The fourth-order valence-corrected chi connectivity index (χ4v) is 3.22. The lowest BCUT2D eigenvalue weighted by molar-refractivity contribution is 0.0692. The minimum atomic E-state index is -1.05. The molecule has 0 fully saturated rings. The summed E-state index contributed by atoms with van der Waals surface area (Å²) in [4.78, 5) is 11.7. The van der Waals surface area contributed by atoms with Gasteiger partial charge in [-0.25, -0.2) is 9.48 Å². The predicted molar refractivity (Wildman–Crippen MR) is 97.9 cm³/mol. The number of halogens is 1. The van der Waals surface area contributed by atoms with Crippen molar-refractivity contribution in [1.82, 2.24) is 19.6 Å². The largest absolute Gasteiger partial charge is 0.476 e. The Labute approximate surface area is 151 Å². The number of fused-ring (bicyclic) bond motifs is 1. The molecule has 6 nitrogen and oxygen atoms in total. The molecule has 1 N–H and O–H groups in total. The number of aromatic nitrogens is 4. The molecule has 0 radical (unpaired) electrons. The zero-order chi connectivity index (χ0) is 17.6. The van der Waals surface area contributed by atoms with Gasteiger partial charge in [-0.2, -0.15) is 10.2 Å². The van der Waals surface area contributed by atoms with Crippen LogP contribution < -0.4 is 0 Å². The van der Waals surface area contributed by atoms with Crippen LogP contribution in [-0.2, 0) is 7.05 Å². The summed E-state index contributed by atoms with van der Waals surface area (Å²) in [6, 6.07) is 13.3. The molecule has 25 heavy (non-hydrogen) atoms. The van der Waals surface area contributed by atoms with Gasteiger partial charge < -0.3 is 5.11 Å². The maximum atomic E-state index is 11.7. The van der Waals surface area contributed by atoms with Crippen LogP contribution in [0.1, 0.15) is 10.5 Å². The smallest absolute Gasteiger partial charge is 0.357 e. The number of aryl methyl sites for hydroxylation is 1. The second kappa shape index (κ2) is 5.86. The molecule has 0 amide bonds. The average molecular weight is 397 g/mol. The third kappa shape index (κ3) is 2.72. The predicted octanol–water partition coefficient (Wildman–Crippen LogP) is 3.89. The van der Waals surface area contributed by atoms with Gasteiger partial charge in [0.1, 0.15) is 0 Å². The van der Waals surface area contributed by atoms with Crippen LogP contribution in [0.4, 0.5) is 0 Å². The number of hydrogen-bond acceptors (Lipinski definition) is 3. The van der Waals surface area contributed by atoms with E-state index in [-0.39, 0.29) is 5.69 Å². The number of benzene rings is 2. The molecule has 2 heterocycles. The maximum Gasteiger partial charge on any atom is 0.357 e. The van der Waals surface area contributed by atoms with E-state index in [1.807, 2.05) is 55.7 Å². The Hall–Kier alpha value is -2.93. The maximum absolute atomic E-state index is 11.7. The zero-order valence-electron chi connectivity index (χ0n) is 13.2. The zero-order valence-corrected chi connectivity index (χ0v) is 14.8. The number of carboxylic acids is 1. The molecule has 0 spiro atoms. The Morgan fingerprint density at radius 1 is 1.16 bits per heavy atom. The first-order chi connectivity index (χ1) is 12.0. The number of hydrogen-bond donors (Lipinski definition) is 1. The van der Waals surface area contributed by atoms with Gasteiger partial charge in [-0.3, -0.25) is 4.68 Å². The first-order valence-electron chi connectivity index (χ1n) is 7.54. The molecular formula is C18H13BrN4O2. The first-order valence-corrected chi connectivity index (χ1v) is 8.33. The SMILES string of the molecule is Cn1cc(-c2ccc3c(c2)c(C(=O)O)nn3-c2cccc(Br)c2)cn1. The van der Waals surface area contributed by atoms with Gasteiger partial charge in [0.05, 0.1) is 17.4 Å². The number of nitrogens with zero attached hydrogens (tertiary/aromatic N) is 4. The van der Waals surface area contributed by atoms with Crippen molar-refractivity contribution in [3.05, 3.63) is 65.0 Å². The number of carbonyl (C=O) groups is 1. The molecule has 0 atom stereocenters. The van der Waals surface area contributed by atoms with Gasteiger partial charge in [-0.1, -0.05) is 28.1 Å². The lowest BCUT2D eigenvalue weighted by Crippen LogP contribution is -2.01. The van der Waals surface area contributed by atoms with Crippen molar-refractivity contribution in [1.29, 1.82) is 0 Å². The van der Waals surface area contributed by atoms with Gasteiger partial charge in [0.15, 0.2) is 5.69 Å². The van der Waals surface area contributed by atoms with E-state index in [1.54, 1.807) is 15.6 Å². The molecule has 0 aliphatic carbocycles. The van der Waals surface area contributed by atoms with Gasteiger partial charge >= 0.3 is 5.97 Å². The molecular weight excluding hydrogens is 384 g/mol. The van der Waals surface area contributed by atoms with Gasteiger partial charge in [-0.15, -0.1) is 0 Å². The van der Waals surface area contributed by atoms with Gasteiger partial charge in [0.25, 0.3) is 0 Å². The van der Waals surface area contributed by atoms with Crippen molar-refractivity contribution in [3.63, 3.8) is 0 Å². The van der Waals surface area contributed by atoms with E-state index in [0.29, 0.717) is 5.39 Å². The summed E-state index contributed by atoms with van der Waals surface area (Å²) >= 11 is 3.44. The van der Waals surface area contributed by atoms with Crippen molar-refractivity contribution in [2.75, 3.05) is 0 Å². The highest BCUT2D eigenvalue weighted by molar-refractivity contribution is 9.10. The van der Waals surface area contributed by atoms with E-state index >= 15 is 0 Å².